The minimum atomic E-state index is -3.55. The van der Waals surface area contributed by atoms with Crippen LogP contribution in [-0.4, -0.2) is 54.5 Å². The summed E-state index contributed by atoms with van der Waals surface area (Å²) in [7, 11) is -3.55. The molecule has 1 saturated heterocycles. The van der Waals surface area contributed by atoms with Crippen molar-refractivity contribution in [1.82, 2.24) is 14.0 Å². The summed E-state index contributed by atoms with van der Waals surface area (Å²) >= 11 is 0. The number of anilines is 1. The molecule has 3 heterocycles. The molecule has 0 spiro atoms. The van der Waals surface area contributed by atoms with Gasteiger partial charge in [0.2, 0.25) is 0 Å². The van der Waals surface area contributed by atoms with Crippen LogP contribution in [0, 0.1) is 0 Å². The normalized spacial score (nSPS) is 17.0. The SMILES string of the molecule is O=C(c1ccccc1)n1c(=O)n(C2CCN(CCCN3c4cccc5cccc(c45)S3(=O)=O)CC2)c2ccccc21. The molecule has 0 amide bonds. The number of para-hydroxylation sites is 2. The van der Waals surface area contributed by atoms with Crippen molar-refractivity contribution in [2.45, 2.75) is 30.2 Å². The maximum atomic E-state index is 13.7. The van der Waals surface area contributed by atoms with E-state index in [2.05, 4.69) is 4.90 Å². The maximum absolute atomic E-state index is 13.7. The molecule has 0 saturated carbocycles. The number of carbonyl (C=O) groups is 1. The average molecular weight is 567 g/mol. The number of nitrogens with zero attached hydrogens (tertiary/aromatic N) is 4. The number of benzene rings is 4. The van der Waals surface area contributed by atoms with E-state index in [1.165, 1.54) is 4.57 Å². The lowest BCUT2D eigenvalue weighted by molar-refractivity contribution is 0.0958. The van der Waals surface area contributed by atoms with Crippen molar-refractivity contribution >= 4 is 43.4 Å². The Morgan fingerprint density at radius 2 is 1.46 bits per heavy atom. The predicted molar refractivity (Wildman–Crippen MR) is 160 cm³/mol. The van der Waals surface area contributed by atoms with Crippen molar-refractivity contribution < 1.29 is 13.2 Å². The van der Waals surface area contributed by atoms with Crippen molar-refractivity contribution in [2.24, 2.45) is 0 Å². The number of sulfonamides is 1. The second kappa shape index (κ2) is 10.0. The molecule has 1 fully saturated rings. The summed E-state index contributed by atoms with van der Waals surface area (Å²) in [4.78, 5) is 29.7. The fraction of sp³-hybridized carbons (Fsp3) is 0.250. The fourth-order valence-electron chi connectivity index (χ4n) is 6.47. The Balaban J connectivity index is 1.05. The summed E-state index contributed by atoms with van der Waals surface area (Å²) in [6, 6.07) is 27.6. The first kappa shape index (κ1) is 25.7. The van der Waals surface area contributed by atoms with Crippen LogP contribution < -0.4 is 9.99 Å². The third-order valence-corrected chi connectivity index (χ3v) is 10.3. The molecule has 0 radical (unpaired) electrons. The molecule has 0 unspecified atom stereocenters. The zero-order chi connectivity index (χ0) is 28.1. The van der Waals surface area contributed by atoms with Crippen LogP contribution in [0.3, 0.4) is 0 Å². The van der Waals surface area contributed by atoms with Crippen molar-refractivity contribution in [3.8, 4) is 0 Å². The van der Waals surface area contributed by atoms with Gasteiger partial charge in [0.15, 0.2) is 0 Å². The van der Waals surface area contributed by atoms with Crippen LogP contribution in [-0.2, 0) is 10.0 Å². The van der Waals surface area contributed by atoms with E-state index < -0.39 is 10.0 Å². The smallest absolute Gasteiger partial charge is 0.303 e. The van der Waals surface area contributed by atoms with Crippen molar-refractivity contribution in [2.75, 3.05) is 30.5 Å². The Hall–Kier alpha value is -4.21. The minimum absolute atomic E-state index is 0.0143. The molecular weight excluding hydrogens is 536 g/mol. The van der Waals surface area contributed by atoms with E-state index >= 15 is 0 Å². The van der Waals surface area contributed by atoms with Gasteiger partial charge in [0, 0.05) is 36.6 Å². The van der Waals surface area contributed by atoms with Crippen LogP contribution in [0.5, 0.6) is 0 Å². The topological polar surface area (TPSA) is 84.6 Å². The van der Waals surface area contributed by atoms with Gasteiger partial charge in [0.05, 0.1) is 21.6 Å². The number of fused-ring (bicyclic) bond motifs is 1. The third kappa shape index (κ3) is 4.19. The van der Waals surface area contributed by atoms with Crippen LogP contribution in [0.1, 0.15) is 35.7 Å². The van der Waals surface area contributed by atoms with E-state index in [9.17, 15) is 18.0 Å². The third-order valence-electron chi connectivity index (χ3n) is 8.44. The molecule has 1 aromatic heterocycles. The van der Waals surface area contributed by atoms with E-state index in [0.29, 0.717) is 28.9 Å². The van der Waals surface area contributed by atoms with Crippen molar-refractivity contribution in [3.63, 3.8) is 0 Å². The van der Waals surface area contributed by atoms with Gasteiger partial charge in [0.1, 0.15) is 0 Å². The average Bonchev–Trinajstić information content (AvgIpc) is 3.42. The largest absolute Gasteiger partial charge is 0.336 e. The van der Waals surface area contributed by atoms with Gasteiger partial charge in [-0.1, -0.05) is 54.6 Å². The molecule has 41 heavy (non-hydrogen) atoms. The van der Waals surface area contributed by atoms with E-state index in [-0.39, 0.29) is 17.6 Å². The molecule has 4 aromatic carbocycles. The summed E-state index contributed by atoms with van der Waals surface area (Å²) in [6.45, 7) is 2.79. The second-order valence-corrected chi connectivity index (χ2v) is 12.6. The quantitative estimate of drug-likeness (QED) is 0.293. The molecule has 9 heteroatoms. The van der Waals surface area contributed by atoms with Crippen LogP contribution in [0.4, 0.5) is 5.69 Å². The van der Waals surface area contributed by atoms with Crippen LogP contribution >= 0.6 is 0 Å². The number of likely N-dealkylation sites (tertiary alicyclic amines) is 1. The number of hydrogen-bond acceptors (Lipinski definition) is 5. The van der Waals surface area contributed by atoms with Gasteiger partial charge in [-0.3, -0.25) is 13.7 Å². The van der Waals surface area contributed by atoms with Gasteiger partial charge in [-0.05, 0) is 67.6 Å². The van der Waals surface area contributed by atoms with Crippen LogP contribution in [0.15, 0.2) is 101 Å². The highest BCUT2D eigenvalue weighted by atomic mass is 32.2. The highest BCUT2D eigenvalue weighted by molar-refractivity contribution is 7.93. The molecule has 5 aromatic rings. The van der Waals surface area contributed by atoms with E-state index in [4.69, 9.17) is 0 Å². The molecule has 2 aliphatic rings. The molecule has 208 valence electrons. The number of carbonyl (C=O) groups excluding carboxylic acids is 1. The molecule has 2 aliphatic heterocycles. The molecule has 0 bridgehead atoms. The number of imidazole rings is 1. The summed E-state index contributed by atoms with van der Waals surface area (Å²) in [6.07, 6.45) is 2.26. The Morgan fingerprint density at radius 1 is 0.780 bits per heavy atom. The number of rotatable bonds is 6. The molecule has 7 rings (SSSR count). The first-order chi connectivity index (χ1) is 19.9. The Bertz CT molecular complexity index is 1950. The molecule has 0 N–H and O–H groups in total. The number of hydrogen-bond donors (Lipinski definition) is 0. The predicted octanol–water partition coefficient (Wildman–Crippen LogP) is 4.88. The summed E-state index contributed by atoms with van der Waals surface area (Å²) < 4.78 is 31.2. The minimum Gasteiger partial charge on any atom is -0.303 e. The van der Waals surface area contributed by atoms with Crippen molar-refractivity contribution in [1.29, 1.82) is 0 Å². The van der Waals surface area contributed by atoms with Crippen LogP contribution in [0.2, 0.25) is 0 Å². The Kier molecular flexibility index (Phi) is 6.28. The van der Waals surface area contributed by atoms with E-state index in [1.54, 1.807) is 45.3 Å². The summed E-state index contributed by atoms with van der Waals surface area (Å²) in [5.41, 5.74) is 2.33. The highest BCUT2D eigenvalue weighted by Gasteiger charge is 2.35. The van der Waals surface area contributed by atoms with Gasteiger partial charge in [-0.2, -0.15) is 0 Å². The zero-order valence-corrected chi connectivity index (χ0v) is 23.3. The molecule has 8 nitrogen and oxygen atoms in total. The van der Waals surface area contributed by atoms with Gasteiger partial charge in [-0.15, -0.1) is 0 Å². The van der Waals surface area contributed by atoms with E-state index in [0.717, 1.165) is 54.5 Å². The Labute approximate surface area is 238 Å². The molecule has 0 aliphatic carbocycles. The van der Waals surface area contributed by atoms with Gasteiger partial charge in [-0.25, -0.2) is 17.8 Å². The lowest BCUT2D eigenvalue weighted by Crippen LogP contribution is -2.40. The lowest BCUT2D eigenvalue weighted by atomic mass is 10.0. The summed E-state index contributed by atoms with van der Waals surface area (Å²) in [5, 5.41) is 1.75. The van der Waals surface area contributed by atoms with Gasteiger partial charge >= 0.3 is 5.69 Å². The Morgan fingerprint density at radius 3 is 2.22 bits per heavy atom. The summed E-state index contributed by atoms with van der Waals surface area (Å²) in [5.74, 6) is -0.322. The number of aromatic nitrogens is 2. The highest BCUT2D eigenvalue weighted by Crippen LogP contribution is 2.42. The van der Waals surface area contributed by atoms with E-state index in [1.807, 2.05) is 54.6 Å². The fourth-order valence-corrected chi connectivity index (χ4v) is 8.22. The first-order valence-corrected chi connectivity index (χ1v) is 15.5. The lowest BCUT2D eigenvalue weighted by Gasteiger charge is -2.33. The standard InChI is InChI=1S/C32H30N4O4S/c37-31(24-9-2-1-3-10-24)36-27-14-5-4-13-26(27)35(32(36)38)25-17-21-33(22-18-25)19-8-20-34-28-15-6-11-23-12-7-16-29(30(23)28)41(34,39)40/h1-7,9-16,25H,8,17-22H2. The monoisotopic (exact) mass is 566 g/mol. The maximum Gasteiger partial charge on any atom is 0.336 e. The second-order valence-electron chi connectivity index (χ2n) is 10.8. The number of piperidine rings is 1. The first-order valence-electron chi connectivity index (χ1n) is 14.0. The van der Waals surface area contributed by atoms with Gasteiger partial charge < -0.3 is 4.90 Å². The zero-order valence-electron chi connectivity index (χ0n) is 22.5. The molecule has 0 atom stereocenters. The van der Waals surface area contributed by atoms with Crippen molar-refractivity contribution in [3.05, 3.63) is 107 Å². The van der Waals surface area contributed by atoms with Gasteiger partial charge in [0.25, 0.3) is 15.9 Å². The van der Waals surface area contributed by atoms with Crippen LogP contribution in [0.25, 0.3) is 21.8 Å². The molecular formula is C32H30N4O4S.